The molecule has 4 rings (SSSR count). The average molecular weight is 802 g/mol. The summed E-state index contributed by atoms with van der Waals surface area (Å²) in [6, 6.07) is 36.9. The van der Waals surface area contributed by atoms with E-state index in [0.29, 0.717) is 0 Å². The molecule has 0 fully saturated rings. The Morgan fingerprint density at radius 3 is 1.63 bits per heavy atom. The van der Waals surface area contributed by atoms with Crippen molar-refractivity contribution in [1.82, 2.24) is 16.0 Å². The van der Waals surface area contributed by atoms with Crippen LogP contribution in [0.2, 0.25) is 0 Å². The van der Waals surface area contributed by atoms with Gasteiger partial charge in [0.1, 0.15) is 11.1 Å². The van der Waals surface area contributed by atoms with Crippen LogP contribution in [0.25, 0.3) is 0 Å². The molecule has 0 saturated carbocycles. The highest BCUT2D eigenvalue weighted by Gasteiger charge is 2.39. The molecule has 0 saturated heterocycles. The third kappa shape index (κ3) is 13.8. The number of benzene rings is 4. The van der Waals surface area contributed by atoms with Crippen LogP contribution in [-0.4, -0.2) is 54.0 Å². The molecule has 0 spiro atoms. The van der Waals surface area contributed by atoms with E-state index < -0.39 is 52.5 Å². The Morgan fingerprint density at radius 2 is 1.17 bits per heavy atom. The number of ketones is 1. The zero-order valence-corrected chi connectivity index (χ0v) is 35.3. The molecule has 10 heteroatoms. The van der Waals surface area contributed by atoms with E-state index in [1.807, 2.05) is 142 Å². The fourth-order valence-electron chi connectivity index (χ4n) is 6.96. The van der Waals surface area contributed by atoms with Crippen LogP contribution in [0, 0.1) is 11.3 Å². The Labute approximate surface area is 349 Å². The van der Waals surface area contributed by atoms with Gasteiger partial charge < -0.3 is 25.4 Å². The van der Waals surface area contributed by atoms with Crippen molar-refractivity contribution >= 4 is 29.7 Å². The molecule has 0 aliphatic carbocycles. The first kappa shape index (κ1) is 45.7. The second-order valence-corrected chi connectivity index (χ2v) is 16.7. The van der Waals surface area contributed by atoms with Crippen LogP contribution in [0.15, 0.2) is 133 Å². The van der Waals surface area contributed by atoms with Crippen molar-refractivity contribution in [3.8, 4) is 0 Å². The lowest BCUT2D eigenvalue weighted by Crippen LogP contribution is -2.51. The number of nitrogens with one attached hydrogen (secondary N) is 3. The highest BCUT2D eigenvalue weighted by molar-refractivity contribution is 5.92. The number of Topliss-reactive ketones (excluding diaryl/α,β-unsaturated/α-hetero) is 1. The highest BCUT2D eigenvalue weighted by Crippen LogP contribution is 2.37. The number of rotatable bonds is 18. The first-order valence-corrected chi connectivity index (χ1v) is 20.2. The smallest absolute Gasteiger partial charge is 0.408 e. The first-order valence-electron chi connectivity index (χ1n) is 20.2. The number of esters is 1. The number of hydrogen-bond acceptors (Lipinski definition) is 7. The lowest BCUT2D eigenvalue weighted by molar-refractivity contribution is -0.137. The van der Waals surface area contributed by atoms with Crippen molar-refractivity contribution in [1.29, 1.82) is 0 Å². The number of ether oxygens (including phenoxy) is 2. The summed E-state index contributed by atoms with van der Waals surface area (Å²) in [6.45, 7) is 12.6. The summed E-state index contributed by atoms with van der Waals surface area (Å²) in [4.78, 5) is 68.0. The van der Waals surface area contributed by atoms with Gasteiger partial charge in [0.25, 0.3) is 0 Å². The summed E-state index contributed by atoms with van der Waals surface area (Å²) in [6.07, 6.45) is 2.16. The molecular formula is C49H59N3O7. The van der Waals surface area contributed by atoms with Crippen LogP contribution in [0.3, 0.4) is 0 Å². The Hall–Kier alpha value is -6.03. The second-order valence-electron chi connectivity index (χ2n) is 16.7. The number of carbonyl (C=O) groups excluding carboxylic acids is 5. The van der Waals surface area contributed by atoms with Gasteiger partial charge in [-0.2, -0.15) is 0 Å². The molecule has 0 radical (unpaired) electrons. The summed E-state index contributed by atoms with van der Waals surface area (Å²) in [5.41, 5.74) is 0.903. The monoisotopic (exact) mass is 801 g/mol. The molecule has 10 nitrogen and oxygen atoms in total. The number of alkyl carbamates (subject to hydrolysis) is 1. The summed E-state index contributed by atoms with van der Waals surface area (Å²) in [7, 11) is 0. The summed E-state index contributed by atoms with van der Waals surface area (Å²) in [5, 5.41) is 9.12. The standard InChI is InChI=1S/C49H59N3O7/c1-8-58-43(55)32-30-40(29-31-42(54)52-49(37-23-15-10-16-24-37,38-25-17-11-18-26-38)39-27-19-12-20-28-39)50-45(56)36(33-35-21-13-9-14-22-35)34-41(53)44(47(2,3)4)51-46(57)59-48(5,6)7/h9-28,30,32,36,40,44H,8,29,31,33-34H2,1-7H3,(H,50,56)(H,51,57)(H,52,54)/b32-30+/t36-,40+,44-/m1/s1. The van der Waals surface area contributed by atoms with Crippen molar-refractivity contribution in [3.63, 3.8) is 0 Å². The van der Waals surface area contributed by atoms with Crippen LogP contribution < -0.4 is 16.0 Å². The quantitative estimate of drug-likeness (QED) is 0.0523. The van der Waals surface area contributed by atoms with Gasteiger partial charge in [0, 0.05) is 30.9 Å². The molecule has 0 heterocycles. The van der Waals surface area contributed by atoms with E-state index in [4.69, 9.17) is 9.47 Å². The third-order valence-electron chi connectivity index (χ3n) is 9.70. The van der Waals surface area contributed by atoms with E-state index in [1.54, 1.807) is 27.7 Å². The molecule has 59 heavy (non-hydrogen) atoms. The molecule has 3 amide bonds. The maximum absolute atomic E-state index is 14.3. The van der Waals surface area contributed by atoms with E-state index in [-0.39, 0.29) is 44.0 Å². The third-order valence-corrected chi connectivity index (χ3v) is 9.70. The molecule has 0 unspecified atom stereocenters. The van der Waals surface area contributed by atoms with E-state index in [9.17, 15) is 24.0 Å². The molecule has 0 aliphatic rings. The molecule has 0 aliphatic heterocycles. The lowest BCUT2D eigenvalue weighted by Gasteiger charge is -2.37. The van der Waals surface area contributed by atoms with Crippen molar-refractivity contribution in [2.75, 3.05) is 6.61 Å². The predicted octanol–water partition coefficient (Wildman–Crippen LogP) is 8.24. The molecule has 4 aromatic rings. The van der Waals surface area contributed by atoms with Crippen molar-refractivity contribution in [2.45, 2.75) is 97.4 Å². The van der Waals surface area contributed by atoms with Gasteiger partial charge in [0.2, 0.25) is 11.8 Å². The minimum Gasteiger partial charge on any atom is -0.463 e. The maximum Gasteiger partial charge on any atom is 0.408 e. The molecule has 3 N–H and O–H groups in total. The first-order chi connectivity index (χ1) is 28.0. The molecule has 4 aromatic carbocycles. The van der Waals surface area contributed by atoms with Gasteiger partial charge >= 0.3 is 12.1 Å². The Kier molecular flexibility index (Phi) is 16.3. The van der Waals surface area contributed by atoms with E-state index in [1.165, 1.54) is 12.2 Å². The Morgan fingerprint density at radius 1 is 0.678 bits per heavy atom. The normalized spacial score (nSPS) is 13.4. The van der Waals surface area contributed by atoms with Crippen molar-refractivity contribution < 1.29 is 33.4 Å². The van der Waals surface area contributed by atoms with Crippen LogP contribution in [0.1, 0.15) is 90.0 Å². The van der Waals surface area contributed by atoms with E-state index in [2.05, 4.69) is 16.0 Å². The van der Waals surface area contributed by atoms with Crippen LogP contribution in [-0.2, 0) is 40.6 Å². The van der Waals surface area contributed by atoms with Crippen LogP contribution in [0.4, 0.5) is 4.79 Å². The second kappa shape index (κ2) is 21.1. The van der Waals surface area contributed by atoms with Crippen molar-refractivity contribution in [3.05, 3.63) is 156 Å². The average Bonchev–Trinajstić information content (AvgIpc) is 3.20. The fraction of sp³-hybridized carbons (Fsp3) is 0.367. The maximum atomic E-state index is 14.3. The Bertz CT molecular complexity index is 1910. The summed E-state index contributed by atoms with van der Waals surface area (Å²) >= 11 is 0. The van der Waals surface area contributed by atoms with Gasteiger partial charge in [0.05, 0.1) is 12.6 Å². The van der Waals surface area contributed by atoms with E-state index >= 15 is 0 Å². The molecule has 0 bridgehead atoms. The summed E-state index contributed by atoms with van der Waals surface area (Å²) < 4.78 is 10.6. The molecular weight excluding hydrogens is 743 g/mol. The van der Waals surface area contributed by atoms with Gasteiger partial charge in [0.15, 0.2) is 5.78 Å². The number of carbonyl (C=O) groups is 5. The summed E-state index contributed by atoms with van der Waals surface area (Å²) in [5.74, 6) is -2.52. The highest BCUT2D eigenvalue weighted by atomic mass is 16.6. The van der Waals surface area contributed by atoms with Gasteiger partial charge in [-0.25, -0.2) is 9.59 Å². The van der Waals surface area contributed by atoms with Crippen LogP contribution in [0.5, 0.6) is 0 Å². The van der Waals surface area contributed by atoms with Crippen LogP contribution >= 0.6 is 0 Å². The molecule has 312 valence electrons. The largest absolute Gasteiger partial charge is 0.463 e. The van der Waals surface area contributed by atoms with Gasteiger partial charge in [-0.1, -0.05) is 148 Å². The minimum absolute atomic E-state index is 0.0272. The number of amides is 3. The lowest BCUT2D eigenvalue weighted by atomic mass is 9.77. The van der Waals surface area contributed by atoms with Gasteiger partial charge in [-0.15, -0.1) is 0 Å². The minimum atomic E-state index is -1.04. The van der Waals surface area contributed by atoms with Gasteiger partial charge in [-0.05, 0) is 68.2 Å². The van der Waals surface area contributed by atoms with E-state index in [0.717, 1.165) is 22.3 Å². The van der Waals surface area contributed by atoms with Crippen molar-refractivity contribution in [2.24, 2.45) is 11.3 Å². The SMILES string of the molecule is CCOC(=O)/C=C/[C@H](CCC(=O)NC(c1ccccc1)(c1ccccc1)c1ccccc1)NC(=O)[C@@H](CC(=O)[C@@H](NC(=O)OC(C)(C)C)C(C)(C)C)Cc1ccccc1. The zero-order chi connectivity index (χ0) is 43.1. The molecule has 0 aromatic heterocycles. The zero-order valence-electron chi connectivity index (χ0n) is 35.3. The Balaban J connectivity index is 1.63. The molecule has 3 atom stereocenters. The topological polar surface area (TPSA) is 140 Å². The predicted molar refractivity (Wildman–Crippen MR) is 230 cm³/mol. The van der Waals surface area contributed by atoms with Gasteiger partial charge in [-0.3, -0.25) is 14.4 Å². The number of hydrogen-bond donors (Lipinski definition) is 3. The fourth-order valence-corrected chi connectivity index (χ4v) is 6.96.